The molecule has 18 heavy (non-hydrogen) atoms. The summed E-state index contributed by atoms with van der Waals surface area (Å²) in [6.07, 6.45) is -4.29. The minimum atomic E-state index is -4.23. The maximum absolute atomic E-state index is 12.8. The van der Waals surface area contributed by atoms with Crippen molar-refractivity contribution < 1.29 is 18.3 Å². The van der Waals surface area contributed by atoms with Crippen LogP contribution in [-0.4, -0.2) is 22.2 Å². The van der Waals surface area contributed by atoms with E-state index < -0.39 is 24.1 Å². The van der Waals surface area contributed by atoms with E-state index in [1.54, 1.807) is 0 Å². The van der Waals surface area contributed by atoms with Gasteiger partial charge in [-0.05, 0) is 30.1 Å². The first-order valence-corrected chi connectivity index (χ1v) is 7.25. The van der Waals surface area contributed by atoms with Crippen LogP contribution < -0.4 is 0 Å². The summed E-state index contributed by atoms with van der Waals surface area (Å²) in [6.45, 7) is 7.30. The lowest BCUT2D eigenvalue weighted by atomic mass is 9.65. The van der Waals surface area contributed by atoms with Gasteiger partial charge in [-0.25, -0.2) is 0 Å². The molecule has 0 aliphatic heterocycles. The van der Waals surface area contributed by atoms with Gasteiger partial charge in [0.25, 0.3) is 0 Å². The Balaban J connectivity index is 2.88. The number of rotatable bonds is 1. The molecule has 0 heterocycles. The summed E-state index contributed by atoms with van der Waals surface area (Å²) >= 11 is 3.52. The number of hydrogen-bond acceptors (Lipinski definition) is 1. The smallest absolute Gasteiger partial charge is 0.391 e. The average molecular weight is 331 g/mol. The highest BCUT2D eigenvalue weighted by molar-refractivity contribution is 9.09. The molecule has 1 saturated carbocycles. The van der Waals surface area contributed by atoms with E-state index in [2.05, 4.69) is 15.9 Å². The lowest BCUT2D eigenvalue weighted by Crippen LogP contribution is -2.46. The summed E-state index contributed by atoms with van der Waals surface area (Å²) in [6, 6.07) is 0. The monoisotopic (exact) mass is 330 g/mol. The lowest BCUT2D eigenvalue weighted by Gasteiger charge is -2.45. The molecular formula is C13H22BrF3O. The molecule has 0 aromatic carbocycles. The average Bonchev–Trinajstić information content (AvgIpc) is 2.13. The number of hydrogen-bond donors (Lipinski definition) is 1. The predicted molar refractivity (Wildman–Crippen MR) is 69.6 cm³/mol. The Labute approximate surface area is 115 Å². The quantitative estimate of drug-likeness (QED) is 0.707. The van der Waals surface area contributed by atoms with E-state index in [1.165, 1.54) is 6.92 Å². The van der Waals surface area contributed by atoms with Crippen molar-refractivity contribution in [1.29, 1.82) is 0 Å². The number of aliphatic hydroxyl groups is 1. The first-order chi connectivity index (χ1) is 7.94. The summed E-state index contributed by atoms with van der Waals surface area (Å²) in [5.74, 6) is -1.99. The van der Waals surface area contributed by atoms with E-state index >= 15 is 0 Å². The Morgan fingerprint density at radius 2 is 1.67 bits per heavy atom. The van der Waals surface area contributed by atoms with Crippen LogP contribution in [0, 0.1) is 23.2 Å². The third kappa shape index (κ3) is 3.62. The highest BCUT2D eigenvalue weighted by Crippen LogP contribution is 2.48. The molecule has 0 saturated heterocycles. The molecule has 0 spiro atoms. The fourth-order valence-electron chi connectivity index (χ4n) is 2.84. The molecular weight excluding hydrogens is 309 g/mol. The molecule has 0 bridgehead atoms. The van der Waals surface area contributed by atoms with Gasteiger partial charge in [0.05, 0.1) is 12.0 Å². The zero-order valence-corrected chi connectivity index (χ0v) is 12.8. The molecule has 5 unspecified atom stereocenters. The third-order valence-corrected chi connectivity index (χ3v) is 5.21. The van der Waals surface area contributed by atoms with Crippen LogP contribution in [-0.2, 0) is 0 Å². The van der Waals surface area contributed by atoms with Crippen molar-refractivity contribution in [2.24, 2.45) is 23.2 Å². The fourth-order valence-corrected chi connectivity index (χ4v) is 4.24. The van der Waals surface area contributed by atoms with Gasteiger partial charge in [-0.3, -0.25) is 0 Å². The van der Waals surface area contributed by atoms with Crippen LogP contribution in [0.15, 0.2) is 0 Å². The van der Waals surface area contributed by atoms with Crippen LogP contribution in [0.5, 0.6) is 0 Å². The Bertz CT molecular complexity index is 285. The number of halogens is 4. The van der Waals surface area contributed by atoms with Crippen molar-refractivity contribution in [3.8, 4) is 0 Å². The first-order valence-electron chi connectivity index (χ1n) is 6.33. The molecule has 5 atom stereocenters. The Morgan fingerprint density at radius 3 is 2.06 bits per heavy atom. The van der Waals surface area contributed by atoms with Gasteiger partial charge >= 0.3 is 6.18 Å². The molecule has 1 rings (SSSR count). The summed E-state index contributed by atoms with van der Waals surface area (Å²) in [7, 11) is 0. The SMILES string of the molecule is CC(C1CC(C(C)(C)C)C(Br)CC1O)C(F)(F)F. The van der Waals surface area contributed by atoms with Gasteiger partial charge in [0.1, 0.15) is 0 Å². The normalized spacial score (nSPS) is 36.5. The summed E-state index contributed by atoms with van der Waals surface area (Å²) in [5.41, 5.74) is -0.0577. The van der Waals surface area contributed by atoms with Crippen molar-refractivity contribution >= 4 is 15.9 Å². The molecule has 1 fully saturated rings. The standard InChI is InChI=1S/C13H22BrF3O/c1-7(13(15,16)17)8-5-9(12(2,3)4)10(14)6-11(8)18/h7-11,18H,5-6H2,1-4H3. The zero-order chi connectivity index (χ0) is 14.3. The molecule has 0 radical (unpaired) electrons. The summed E-state index contributed by atoms with van der Waals surface area (Å²) in [4.78, 5) is 0.0872. The van der Waals surface area contributed by atoms with E-state index in [1.807, 2.05) is 20.8 Å². The second-order valence-electron chi connectivity index (χ2n) is 6.52. The van der Waals surface area contributed by atoms with E-state index in [0.29, 0.717) is 12.8 Å². The zero-order valence-electron chi connectivity index (χ0n) is 11.3. The van der Waals surface area contributed by atoms with Crippen LogP contribution in [0.3, 0.4) is 0 Å². The number of aliphatic hydroxyl groups excluding tert-OH is 1. The summed E-state index contributed by atoms with van der Waals surface area (Å²) < 4.78 is 38.4. The minimum Gasteiger partial charge on any atom is -0.393 e. The molecule has 1 aliphatic rings. The maximum atomic E-state index is 12.8. The van der Waals surface area contributed by atoms with Gasteiger partial charge in [-0.15, -0.1) is 0 Å². The van der Waals surface area contributed by atoms with Crippen LogP contribution in [0.4, 0.5) is 13.2 Å². The fraction of sp³-hybridized carbons (Fsp3) is 1.00. The number of alkyl halides is 4. The van der Waals surface area contributed by atoms with Gasteiger partial charge in [0, 0.05) is 4.83 Å². The Morgan fingerprint density at radius 1 is 1.17 bits per heavy atom. The largest absolute Gasteiger partial charge is 0.393 e. The van der Waals surface area contributed by atoms with Gasteiger partial charge in [0.2, 0.25) is 0 Å². The highest BCUT2D eigenvalue weighted by Gasteiger charge is 2.49. The molecule has 0 aromatic rings. The van der Waals surface area contributed by atoms with Crippen LogP contribution in [0.1, 0.15) is 40.5 Å². The van der Waals surface area contributed by atoms with E-state index in [-0.39, 0.29) is 16.2 Å². The molecule has 0 aromatic heterocycles. The van der Waals surface area contributed by atoms with Gasteiger partial charge in [0.15, 0.2) is 0 Å². The van der Waals surface area contributed by atoms with Crippen molar-refractivity contribution in [1.82, 2.24) is 0 Å². The van der Waals surface area contributed by atoms with E-state index in [0.717, 1.165) is 0 Å². The molecule has 1 aliphatic carbocycles. The summed E-state index contributed by atoms with van der Waals surface area (Å²) in [5, 5.41) is 9.93. The van der Waals surface area contributed by atoms with E-state index in [9.17, 15) is 18.3 Å². The lowest BCUT2D eigenvalue weighted by molar-refractivity contribution is -0.199. The third-order valence-electron chi connectivity index (χ3n) is 4.19. The van der Waals surface area contributed by atoms with Gasteiger partial charge in [-0.2, -0.15) is 13.2 Å². The Kier molecular flexibility index (Phi) is 4.81. The molecule has 1 N–H and O–H groups in total. The van der Waals surface area contributed by atoms with Gasteiger partial charge < -0.3 is 5.11 Å². The predicted octanol–water partition coefficient (Wildman–Crippen LogP) is 4.38. The van der Waals surface area contributed by atoms with Crippen LogP contribution in [0.25, 0.3) is 0 Å². The Hall–Kier alpha value is 0.230. The molecule has 108 valence electrons. The first kappa shape index (κ1) is 16.3. The highest BCUT2D eigenvalue weighted by atomic mass is 79.9. The molecule has 5 heteroatoms. The maximum Gasteiger partial charge on any atom is 0.391 e. The van der Waals surface area contributed by atoms with Crippen molar-refractivity contribution in [2.45, 2.75) is 57.6 Å². The van der Waals surface area contributed by atoms with Crippen LogP contribution in [0.2, 0.25) is 0 Å². The topological polar surface area (TPSA) is 20.2 Å². The van der Waals surface area contributed by atoms with E-state index in [4.69, 9.17) is 0 Å². The second kappa shape index (κ2) is 5.31. The molecule has 1 nitrogen and oxygen atoms in total. The second-order valence-corrected chi connectivity index (χ2v) is 7.70. The van der Waals surface area contributed by atoms with Gasteiger partial charge in [-0.1, -0.05) is 43.6 Å². The van der Waals surface area contributed by atoms with Crippen molar-refractivity contribution in [3.63, 3.8) is 0 Å². The van der Waals surface area contributed by atoms with Crippen LogP contribution >= 0.6 is 15.9 Å². The van der Waals surface area contributed by atoms with Crippen molar-refractivity contribution in [3.05, 3.63) is 0 Å². The minimum absolute atomic E-state index is 0.0577. The molecule has 0 amide bonds. The van der Waals surface area contributed by atoms with Crippen molar-refractivity contribution in [2.75, 3.05) is 0 Å².